The third-order valence-corrected chi connectivity index (χ3v) is 4.62. The second-order valence-corrected chi connectivity index (χ2v) is 6.72. The summed E-state index contributed by atoms with van der Waals surface area (Å²) in [7, 11) is 0. The van der Waals surface area contributed by atoms with Crippen LogP contribution >= 0.6 is 0 Å². The first-order chi connectivity index (χ1) is 14.0. The van der Waals surface area contributed by atoms with Gasteiger partial charge in [0.15, 0.2) is 5.78 Å². The summed E-state index contributed by atoms with van der Waals surface area (Å²) in [6.45, 7) is 6.25. The molecule has 6 heteroatoms. The van der Waals surface area contributed by atoms with Crippen molar-refractivity contribution in [1.82, 2.24) is 9.78 Å². The molecule has 0 radical (unpaired) electrons. The fourth-order valence-corrected chi connectivity index (χ4v) is 3.12. The Kier molecular flexibility index (Phi) is 6.44. The van der Waals surface area contributed by atoms with E-state index in [0.717, 1.165) is 22.8 Å². The molecule has 1 amide bonds. The van der Waals surface area contributed by atoms with Crippen molar-refractivity contribution in [3.63, 3.8) is 0 Å². The summed E-state index contributed by atoms with van der Waals surface area (Å²) < 4.78 is 7.18. The largest absolute Gasteiger partial charge is 0.494 e. The van der Waals surface area contributed by atoms with Crippen LogP contribution < -0.4 is 10.1 Å². The Balaban J connectivity index is 1.61. The van der Waals surface area contributed by atoms with E-state index < -0.39 is 0 Å². The van der Waals surface area contributed by atoms with Gasteiger partial charge in [0, 0.05) is 18.4 Å². The third-order valence-electron chi connectivity index (χ3n) is 4.62. The molecule has 3 rings (SSSR count). The van der Waals surface area contributed by atoms with Gasteiger partial charge in [0.25, 0.3) is 0 Å². The molecule has 0 unspecified atom stereocenters. The van der Waals surface area contributed by atoms with Gasteiger partial charge in [-0.2, -0.15) is 5.10 Å². The molecule has 2 aromatic carbocycles. The van der Waals surface area contributed by atoms with Gasteiger partial charge in [0.2, 0.25) is 5.91 Å². The van der Waals surface area contributed by atoms with Crippen LogP contribution in [0.3, 0.4) is 0 Å². The van der Waals surface area contributed by atoms with Crippen LogP contribution in [0.2, 0.25) is 0 Å². The molecule has 0 bridgehead atoms. The molecule has 0 saturated carbocycles. The van der Waals surface area contributed by atoms with Crippen LogP contribution in [0, 0.1) is 13.8 Å². The Morgan fingerprint density at radius 3 is 2.34 bits per heavy atom. The van der Waals surface area contributed by atoms with E-state index in [1.807, 2.05) is 51.1 Å². The van der Waals surface area contributed by atoms with E-state index in [9.17, 15) is 9.59 Å². The standard InChI is InChI=1S/C23H25N3O3/c1-4-29-20-12-10-18(11-13-20)21(27)14-15-22(28)24-23-16(2)25-26(17(23)3)19-8-6-5-7-9-19/h5-13H,4,14-15H2,1-3H3,(H,24,28). The average Bonchev–Trinajstić information content (AvgIpc) is 3.01. The van der Waals surface area contributed by atoms with Gasteiger partial charge in [-0.15, -0.1) is 0 Å². The molecule has 6 nitrogen and oxygen atoms in total. The van der Waals surface area contributed by atoms with Gasteiger partial charge >= 0.3 is 0 Å². The van der Waals surface area contributed by atoms with Gasteiger partial charge in [-0.25, -0.2) is 4.68 Å². The van der Waals surface area contributed by atoms with E-state index in [2.05, 4.69) is 10.4 Å². The molecule has 150 valence electrons. The predicted octanol–water partition coefficient (Wildman–Crippen LogP) is 4.49. The van der Waals surface area contributed by atoms with Gasteiger partial charge in [0.05, 0.1) is 29.4 Å². The molecule has 0 aliphatic carbocycles. The third kappa shape index (κ3) is 4.90. The van der Waals surface area contributed by atoms with E-state index in [1.165, 1.54) is 0 Å². The van der Waals surface area contributed by atoms with Crippen LogP contribution in [0.1, 0.15) is 41.5 Å². The number of rotatable bonds is 8. The van der Waals surface area contributed by atoms with Crippen molar-refractivity contribution in [1.29, 1.82) is 0 Å². The van der Waals surface area contributed by atoms with Crippen LogP contribution in [0.15, 0.2) is 54.6 Å². The maximum absolute atomic E-state index is 12.4. The van der Waals surface area contributed by atoms with Crippen LogP contribution in [-0.2, 0) is 4.79 Å². The van der Waals surface area contributed by atoms with Crippen LogP contribution in [-0.4, -0.2) is 28.1 Å². The average molecular weight is 391 g/mol. The number of hydrogen-bond acceptors (Lipinski definition) is 4. The van der Waals surface area contributed by atoms with Crippen molar-refractivity contribution < 1.29 is 14.3 Å². The zero-order valence-electron chi connectivity index (χ0n) is 16.9. The number of benzene rings is 2. The highest BCUT2D eigenvalue weighted by atomic mass is 16.5. The Labute approximate surface area is 170 Å². The molecule has 1 aromatic heterocycles. The zero-order chi connectivity index (χ0) is 20.8. The van der Waals surface area contributed by atoms with Gasteiger partial charge in [-0.3, -0.25) is 9.59 Å². The number of aryl methyl sites for hydroxylation is 1. The first kappa shape index (κ1) is 20.3. The minimum atomic E-state index is -0.205. The number of nitrogens with one attached hydrogen (secondary N) is 1. The Bertz CT molecular complexity index is 992. The lowest BCUT2D eigenvalue weighted by Gasteiger charge is -2.07. The SMILES string of the molecule is CCOc1ccc(C(=O)CCC(=O)Nc2c(C)nn(-c3ccccc3)c2C)cc1. The van der Waals surface area contributed by atoms with E-state index in [1.54, 1.807) is 28.9 Å². The minimum Gasteiger partial charge on any atom is -0.494 e. The summed E-state index contributed by atoms with van der Waals surface area (Å²) in [5.41, 5.74) is 3.77. The Hall–Kier alpha value is -3.41. The molecular weight excluding hydrogens is 366 g/mol. The first-order valence-electron chi connectivity index (χ1n) is 9.67. The topological polar surface area (TPSA) is 73.2 Å². The quantitative estimate of drug-likeness (QED) is 0.574. The van der Waals surface area contributed by atoms with Crippen molar-refractivity contribution in [2.45, 2.75) is 33.6 Å². The zero-order valence-corrected chi connectivity index (χ0v) is 16.9. The minimum absolute atomic E-state index is 0.0726. The van der Waals surface area contributed by atoms with Crippen LogP contribution in [0.5, 0.6) is 5.75 Å². The second-order valence-electron chi connectivity index (χ2n) is 6.72. The van der Waals surface area contributed by atoms with Crippen LogP contribution in [0.25, 0.3) is 5.69 Å². The van der Waals surface area contributed by atoms with Crippen LogP contribution in [0.4, 0.5) is 5.69 Å². The molecule has 0 spiro atoms. The second kappa shape index (κ2) is 9.19. The number of carbonyl (C=O) groups excluding carboxylic acids is 2. The van der Waals surface area contributed by atoms with Crippen molar-refractivity contribution >= 4 is 17.4 Å². The van der Waals surface area contributed by atoms with E-state index in [-0.39, 0.29) is 24.5 Å². The lowest BCUT2D eigenvalue weighted by atomic mass is 10.1. The number of carbonyl (C=O) groups is 2. The highest BCUT2D eigenvalue weighted by Gasteiger charge is 2.16. The maximum atomic E-state index is 12.4. The predicted molar refractivity (Wildman–Crippen MR) is 113 cm³/mol. The number of Topliss-reactive ketones (excluding diaryl/α,β-unsaturated/α-hetero) is 1. The summed E-state index contributed by atoms with van der Waals surface area (Å²) in [5, 5.41) is 7.43. The van der Waals surface area contributed by atoms with Gasteiger partial charge in [0.1, 0.15) is 5.75 Å². The summed E-state index contributed by atoms with van der Waals surface area (Å²) in [4.78, 5) is 24.8. The fraction of sp³-hybridized carbons (Fsp3) is 0.261. The normalized spacial score (nSPS) is 10.6. The molecule has 1 N–H and O–H groups in total. The summed E-state index contributed by atoms with van der Waals surface area (Å²) in [6.07, 6.45) is 0.256. The van der Waals surface area contributed by atoms with E-state index in [4.69, 9.17) is 4.74 Å². The Morgan fingerprint density at radius 2 is 1.69 bits per heavy atom. The molecule has 1 heterocycles. The fourth-order valence-electron chi connectivity index (χ4n) is 3.12. The summed E-state index contributed by atoms with van der Waals surface area (Å²) in [6, 6.07) is 16.7. The highest BCUT2D eigenvalue weighted by molar-refractivity contribution is 6.00. The number of aromatic nitrogens is 2. The number of anilines is 1. The Morgan fingerprint density at radius 1 is 1.00 bits per heavy atom. The van der Waals surface area contributed by atoms with E-state index >= 15 is 0 Å². The number of hydrogen-bond donors (Lipinski definition) is 1. The van der Waals surface area contributed by atoms with Gasteiger partial charge in [-0.1, -0.05) is 18.2 Å². The molecule has 3 aromatic rings. The van der Waals surface area contributed by atoms with Crippen molar-refractivity contribution in [2.75, 3.05) is 11.9 Å². The lowest BCUT2D eigenvalue weighted by Crippen LogP contribution is -2.14. The molecular formula is C23H25N3O3. The maximum Gasteiger partial charge on any atom is 0.224 e. The van der Waals surface area contributed by atoms with Gasteiger partial charge < -0.3 is 10.1 Å². The van der Waals surface area contributed by atoms with E-state index in [0.29, 0.717) is 17.9 Å². The number of para-hydroxylation sites is 1. The molecule has 0 fully saturated rings. The van der Waals surface area contributed by atoms with Crippen molar-refractivity contribution in [3.8, 4) is 11.4 Å². The number of ether oxygens (including phenoxy) is 1. The molecule has 0 aliphatic heterocycles. The molecule has 0 aliphatic rings. The smallest absolute Gasteiger partial charge is 0.224 e. The molecule has 0 saturated heterocycles. The summed E-state index contributed by atoms with van der Waals surface area (Å²) >= 11 is 0. The number of nitrogens with zero attached hydrogens (tertiary/aromatic N) is 2. The van der Waals surface area contributed by atoms with Crippen molar-refractivity contribution in [2.24, 2.45) is 0 Å². The van der Waals surface area contributed by atoms with Crippen molar-refractivity contribution in [3.05, 3.63) is 71.5 Å². The lowest BCUT2D eigenvalue weighted by molar-refractivity contribution is -0.116. The number of ketones is 1. The number of amides is 1. The monoisotopic (exact) mass is 391 g/mol. The highest BCUT2D eigenvalue weighted by Crippen LogP contribution is 2.23. The van der Waals surface area contributed by atoms with Gasteiger partial charge in [-0.05, 0) is 57.2 Å². The first-order valence-corrected chi connectivity index (χ1v) is 9.67. The molecule has 0 atom stereocenters. The summed E-state index contributed by atoms with van der Waals surface area (Å²) in [5.74, 6) is 0.447. The molecule has 29 heavy (non-hydrogen) atoms.